The number of hydrogen-bond acceptors (Lipinski definition) is 2. The highest BCUT2D eigenvalue weighted by Gasteiger charge is 2.09. The summed E-state index contributed by atoms with van der Waals surface area (Å²) in [6, 6.07) is 10.2. The van der Waals surface area contributed by atoms with Crippen LogP contribution in [-0.2, 0) is 6.54 Å². The predicted molar refractivity (Wildman–Crippen MR) is 96.3 cm³/mol. The van der Waals surface area contributed by atoms with Crippen molar-refractivity contribution >= 4 is 5.96 Å². The van der Waals surface area contributed by atoms with Crippen molar-refractivity contribution < 1.29 is 0 Å². The Kier molecular flexibility index (Phi) is 6.20. The maximum Gasteiger partial charge on any atom is 0.193 e. The molecule has 0 bridgehead atoms. The predicted octanol–water partition coefficient (Wildman–Crippen LogP) is 3.13. The van der Waals surface area contributed by atoms with E-state index in [-0.39, 0.29) is 0 Å². The van der Waals surface area contributed by atoms with Crippen LogP contribution in [0, 0.1) is 5.92 Å². The van der Waals surface area contributed by atoms with E-state index in [4.69, 9.17) is 0 Å². The molecule has 1 heterocycles. The van der Waals surface area contributed by atoms with Crippen molar-refractivity contribution in [1.29, 1.82) is 0 Å². The maximum absolute atomic E-state index is 4.48. The summed E-state index contributed by atoms with van der Waals surface area (Å²) >= 11 is 0. The Morgan fingerprint density at radius 3 is 2.70 bits per heavy atom. The second-order valence-corrected chi connectivity index (χ2v) is 6.12. The highest BCUT2D eigenvalue weighted by molar-refractivity contribution is 5.79. The Morgan fingerprint density at radius 2 is 2.04 bits per heavy atom. The lowest BCUT2D eigenvalue weighted by Gasteiger charge is -2.21. The van der Waals surface area contributed by atoms with Gasteiger partial charge in [-0.25, -0.2) is 4.98 Å². The maximum atomic E-state index is 4.48. The molecule has 0 saturated carbocycles. The Balaban J connectivity index is 1.94. The standard InChI is InChI=1S/C18H27N5/c1-14(2)10-11-20-18(19-3)23(4)13-17-21-12-16(22-17)15-8-6-5-7-9-15/h5-9,12,14H,10-11,13H2,1-4H3,(H,19,20)(H,21,22). The molecular formula is C18H27N5. The molecule has 0 radical (unpaired) electrons. The van der Waals surface area contributed by atoms with Crippen molar-refractivity contribution in [3.05, 3.63) is 42.4 Å². The minimum absolute atomic E-state index is 0.685. The van der Waals surface area contributed by atoms with Gasteiger partial charge in [-0.05, 0) is 17.9 Å². The zero-order valence-corrected chi connectivity index (χ0v) is 14.5. The molecule has 0 unspecified atom stereocenters. The Labute approximate surface area is 138 Å². The van der Waals surface area contributed by atoms with E-state index in [1.54, 1.807) is 0 Å². The average molecular weight is 313 g/mol. The van der Waals surface area contributed by atoms with Gasteiger partial charge in [0, 0.05) is 20.6 Å². The molecule has 2 N–H and O–H groups in total. The molecule has 0 aliphatic carbocycles. The molecule has 23 heavy (non-hydrogen) atoms. The molecule has 2 aromatic rings. The monoisotopic (exact) mass is 313 g/mol. The molecular weight excluding hydrogens is 286 g/mol. The molecule has 5 nitrogen and oxygen atoms in total. The van der Waals surface area contributed by atoms with E-state index < -0.39 is 0 Å². The molecule has 124 valence electrons. The topological polar surface area (TPSA) is 56.3 Å². The number of H-pyrrole nitrogens is 1. The van der Waals surface area contributed by atoms with Crippen LogP contribution < -0.4 is 5.32 Å². The molecule has 0 fully saturated rings. The number of aliphatic imine (C=N–C) groups is 1. The van der Waals surface area contributed by atoms with Gasteiger partial charge in [-0.3, -0.25) is 4.99 Å². The van der Waals surface area contributed by atoms with Crippen LogP contribution in [0.4, 0.5) is 0 Å². The lowest BCUT2D eigenvalue weighted by molar-refractivity contribution is 0.458. The lowest BCUT2D eigenvalue weighted by atomic mass is 10.1. The highest BCUT2D eigenvalue weighted by Crippen LogP contribution is 2.16. The fourth-order valence-electron chi connectivity index (χ4n) is 2.36. The number of nitrogens with zero attached hydrogens (tertiary/aromatic N) is 3. The van der Waals surface area contributed by atoms with Crippen LogP contribution >= 0.6 is 0 Å². The summed E-state index contributed by atoms with van der Waals surface area (Å²) in [7, 11) is 3.83. The van der Waals surface area contributed by atoms with Gasteiger partial charge in [0.25, 0.3) is 0 Å². The van der Waals surface area contributed by atoms with Crippen LogP contribution in [0.5, 0.6) is 0 Å². The van der Waals surface area contributed by atoms with Gasteiger partial charge in [0.15, 0.2) is 5.96 Å². The van der Waals surface area contributed by atoms with Crippen LogP contribution in [0.15, 0.2) is 41.5 Å². The van der Waals surface area contributed by atoms with E-state index >= 15 is 0 Å². The summed E-state index contributed by atoms with van der Waals surface area (Å²) < 4.78 is 0. The van der Waals surface area contributed by atoms with Gasteiger partial charge < -0.3 is 15.2 Å². The fourth-order valence-corrected chi connectivity index (χ4v) is 2.36. The average Bonchev–Trinajstić information content (AvgIpc) is 3.00. The van der Waals surface area contributed by atoms with Crippen molar-refractivity contribution in [2.75, 3.05) is 20.6 Å². The summed E-state index contributed by atoms with van der Waals surface area (Å²) in [6.45, 7) is 6.07. The number of rotatable bonds is 6. The van der Waals surface area contributed by atoms with Crippen LogP contribution in [0.1, 0.15) is 26.1 Å². The molecule has 0 amide bonds. The summed E-state index contributed by atoms with van der Waals surface area (Å²) in [5, 5.41) is 3.39. The van der Waals surface area contributed by atoms with Gasteiger partial charge in [0.1, 0.15) is 5.82 Å². The minimum atomic E-state index is 0.685. The summed E-state index contributed by atoms with van der Waals surface area (Å²) in [6.07, 6.45) is 3.01. The van der Waals surface area contributed by atoms with E-state index in [9.17, 15) is 0 Å². The largest absolute Gasteiger partial charge is 0.356 e. The van der Waals surface area contributed by atoms with Gasteiger partial charge in [-0.2, -0.15) is 0 Å². The van der Waals surface area contributed by atoms with Crippen LogP contribution in [0.2, 0.25) is 0 Å². The van der Waals surface area contributed by atoms with Crippen molar-refractivity contribution in [2.24, 2.45) is 10.9 Å². The number of hydrogen-bond donors (Lipinski definition) is 2. The van der Waals surface area contributed by atoms with Gasteiger partial charge in [0.05, 0.1) is 18.4 Å². The normalized spacial score (nSPS) is 11.8. The zero-order valence-electron chi connectivity index (χ0n) is 14.5. The number of aromatic nitrogens is 2. The molecule has 0 aliphatic heterocycles. The summed E-state index contributed by atoms with van der Waals surface area (Å²) in [4.78, 5) is 14.3. The summed E-state index contributed by atoms with van der Waals surface area (Å²) in [5.74, 6) is 2.51. The first-order valence-corrected chi connectivity index (χ1v) is 8.11. The third kappa shape index (κ3) is 5.13. The van der Waals surface area contributed by atoms with Crippen molar-refractivity contribution in [1.82, 2.24) is 20.2 Å². The number of nitrogens with one attached hydrogen (secondary N) is 2. The van der Waals surface area contributed by atoms with Gasteiger partial charge >= 0.3 is 0 Å². The third-order valence-electron chi connectivity index (χ3n) is 3.68. The van der Waals surface area contributed by atoms with E-state index in [2.05, 4.69) is 51.2 Å². The quantitative estimate of drug-likeness (QED) is 0.636. The first-order valence-electron chi connectivity index (χ1n) is 8.11. The molecule has 1 aromatic heterocycles. The third-order valence-corrected chi connectivity index (χ3v) is 3.68. The number of imidazole rings is 1. The second kappa shape index (κ2) is 8.36. The molecule has 0 aliphatic rings. The van der Waals surface area contributed by atoms with E-state index in [1.807, 2.05) is 38.5 Å². The molecule has 0 spiro atoms. The Bertz CT molecular complexity index is 615. The van der Waals surface area contributed by atoms with Crippen LogP contribution in [0.25, 0.3) is 11.3 Å². The van der Waals surface area contributed by atoms with Gasteiger partial charge in [-0.1, -0.05) is 44.2 Å². The second-order valence-electron chi connectivity index (χ2n) is 6.12. The van der Waals surface area contributed by atoms with Crippen LogP contribution in [0.3, 0.4) is 0 Å². The first-order chi connectivity index (χ1) is 11.1. The first kappa shape index (κ1) is 17.1. The summed E-state index contributed by atoms with van der Waals surface area (Å²) in [5.41, 5.74) is 2.19. The van der Waals surface area contributed by atoms with Crippen molar-refractivity contribution in [2.45, 2.75) is 26.8 Å². The Hall–Kier alpha value is -2.30. The SMILES string of the molecule is CN=C(NCCC(C)C)N(C)Cc1ncc(-c2ccccc2)[nH]1. The van der Waals surface area contributed by atoms with Gasteiger partial charge in [0.2, 0.25) is 0 Å². The molecule has 0 saturated heterocycles. The zero-order chi connectivity index (χ0) is 16.7. The highest BCUT2D eigenvalue weighted by atomic mass is 15.3. The number of aromatic amines is 1. The minimum Gasteiger partial charge on any atom is -0.356 e. The Morgan fingerprint density at radius 1 is 1.30 bits per heavy atom. The smallest absolute Gasteiger partial charge is 0.193 e. The lowest BCUT2D eigenvalue weighted by Crippen LogP contribution is -2.39. The van der Waals surface area contributed by atoms with E-state index in [1.165, 1.54) is 0 Å². The number of benzene rings is 1. The van der Waals surface area contributed by atoms with Crippen molar-refractivity contribution in [3.63, 3.8) is 0 Å². The fraction of sp³-hybridized carbons (Fsp3) is 0.444. The number of guanidine groups is 1. The van der Waals surface area contributed by atoms with Crippen molar-refractivity contribution in [3.8, 4) is 11.3 Å². The molecule has 0 atom stereocenters. The van der Waals surface area contributed by atoms with E-state index in [0.29, 0.717) is 12.5 Å². The van der Waals surface area contributed by atoms with Crippen LogP contribution in [-0.4, -0.2) is 41.5 Å². The van der Waals surface area contributed by atoms with Gasteiger partial charge in [-0.15, -0.1) is 0 Å². The molecule has 2 rings (SSSR count). The molecule has 5 heteroatoms. The van der Waals surface area contributed by atoms with E-state index in [0.717, 1.165) is 36.0 Å². The molecule has 1 aromatic carbocycles.